The molecule has 28 heavy (non-hydrogen) atoms. The van der Waals surface area contributed by atoms with Gasteiger partial charge in [0.2, 0.25) is 11.8 Å². The van der Waals surface area contributed by atoms with Gasteiger partial charge in [0.25, 0.3) is 0 Å². The van der Waals surface area contributed by atoms with Crippen molar-refractivity contribution in [1.82, 2.24) is 4.90 Å². The summed E-state index contributed by atoms with van der Waals surface area (Å²) >= 11 is 6.04. The first-order valence-electron chi connectivity index (χ1n) is 9.48. The number of para-hydroxylation sites is 1. The largest absolute Gasteiger partial charge is 0.325 e. The molecule has 0 aliphatic heterocycles. The lowest BCUT2D eigenvalue weighted by atomic mass is 10.1. The summed E-state index contributed by atoms with van der Waals surface area (Å²) in [5, 5.41) is 6.42. The van der Waals surface area contributed by atoms with E-state index in [0.29, 0.717) is 17.3 Å². The standard InChI is InChI=1S/C22H28ClN3O2/c1-5-12-26(14-21(27)24-19-9-7-6-8-15(19)2)17(4)22(28)25-20-13-18(23)11-10-16(20)3/h6-11,13,17H,5,12,14H2,1-4H3,(H,24,27)(H,25,28). The molecule has 0 saturated heterocycles. The summed E-state index contributed by atoms with van der Waals surface area (Å²) in [4.78, 5) is 27.2. The monoisotopic (exact) mass is 401 g/mol. The number of nitrogens with one attached hydrogen (secondary N) is 2. The van der Waals surface area contributed by atoms with Crippen molar-refractivity contribution in [3.8, 4) is 0 Å². The van der Waals surface area contributed by atoms with Gasteiger partial charge in [-0.05, 0) is 63.1 Å². The van der Waals surface area contributed by atoms with E-state index in [1.165, 1.54) is 0 Å². The molecular weight excluding hydrogens is 374 g/mol. The van der Waals surface area contributed by atoms with Gasteiger partial charge in [-0.15, -0.1) is 0 Å². The maximum Gasteiger partial charge on any atom is 0.241 e. The van der Waals surface area contributed by atoms with E-state index in [0.717, 1.165) is 23.2 Å². The Morgan fingerprint density at radius 3 is 2.39 bits per heavy atom. The van der Waals surface area contributed by atoms with Gasteiger partial charge >= 0.3 is 0 Å². The van der Waals surface area contributed by atoms with Crippen LogP contribution in [0, 0.1) is 13.8 Å². The number of nitrogens with zero attached hydrogens (tertiary/aromatic N) is 1. The minimum absolute atomic E-state index is 0.138. The summed E-state index contributed by atoms with van der Waals surface area (Å²) in [6, 6.07) is 12.6. The van der Waals surface area contributed by atoms with Crippen LogP contribution < -0.4 is 10.6 Å². The van der Waals surface area contributed by atoms with Crippen LogP contribution in [-0.2, 0) is 9.59 Å². The summed E-state index contributed by atoms with van der Waals surface area (Å²) < 4.78 is 0. The van der Waals surface area contributed by atoms with Crippen LogP contribution in [0.15, 0.2) is 42.5 Å². The van der Waals surface area contributed by atoms with E-state index in [-0.39, 0.29) is 18.4 Å². The Labute approximate surface area is 172 Å². The first-order chi connectivity index (χ1) is 13.3. The molecule has 0 spiro atoms. The predicted octanol–water partition coefficient (Wildman–Crippen LogP) is 4.63. The fourth-order valence-corrected chi connectivity index (χ4v) is 3.09. The average Bonchev–Trinajstić information content (AvgIpc) is 2.65. The van der Waals surface area contributed by atoms with Gasteiger partial charge in [-0.3, -0.25) is 14.5 Å². The number of rotatable bonds is 8. The van der Waals surface area contributed by atoms with Crippen molar-refractivity contribution >= 4 is 34.8 Å². The third-order valence-electron chi connectivity index (χ3n) is 4.66. The van der Waals surface area contributed by atoms with E-state index in [4.69, 9.17) is 11.6 Å². The van der Waals surface area contributed by atoms with Crippen molar-refractivity contribution in [3.05, 3.63) is 58.6 Å². The van der Waals surface area contributed by atoms with Gasteiger partial charge < -0.3 is 10.6 Å². The fourth-order valence-electron chi connectivity index (χ4n) is 2.92. The molecule has 0 heterocycles. The van der Waals surface area contributed by atoms with Crippen molar-refractivity contribution in [2.45, 2.75) is 40.2 Å². The molecule has 1 unspecified atom stereocenters. The third kappa shape index (κ3) is 6.08. The summed E-state index contributed by atoms with van der Waals surface area (Å²) in [6.45, 7) is 8.48. The van der Waals surface area contributed by atoms with Crippen LogP contribution in [0.4, 0.5) is 11.4 Å². The lowest BCUT2D eigenvalue weighted by Crippen LogP contribution is -2.46. The molecule has 0 bridgehead atoms. The average molecular weight is 402 g/mol. The first-order valence-corrected chi connectivity index (χ1v) is 9.86. The molecule has 5 nitrogen and oxygen atoms in total. The van der Waals surface area contributed by atoms with Crippen LogP contribution in [0.3, 0.4) is 0 Å². The Balaban J connectivity index is 2.04. The van der Waals surface area contributed by atoms with E-state index in [2.05, 4.69) is 10.6 Å². The number of anilines is 2. The number of carbonyl (C=O) groups excluding carboxylic acids is 2. The number of benzene rings is 2. The molecule has 2 aromatic carbocycles. The van der Waals surface area contributed by atoms with Crippen LogP contribution in [0.25, 0.3) is 0 Å². The third-order valence-corrected chi connectivity index (χ3v) is 4.90. The highest BCUT2D eigenvalue weighted by atomic mass is 35.5. The number of halogens is 1. The number of aryl methyl sites for hydroxylation is 2. The summed E-state index contributed by atoms with van der Waals surface area (Å²) in [5.41, 5.74) is 3.41. The van der Waals surface area contributed by atoms with Crippen LogP contribution in [-0.4, -0.2) is 35.8 Å². The normalized spacial score (nSPS) is 11.9. The van der Waals surface area contributed by atoms with E-state index >= 15 is 0 Å². The number of amides is 2. The van der Waals surface area contributed by atoms with E-state index in [1.54, 1.807) is 12.1 Å². The molecule has 1 atom stereocenters. The van der Waals surface area contributed by atoms with Crippen LogP contribution in [0.5, 0.6) is 0 Å². The van der Waals surface area contributed by atoms with Gasteiger partial charge in [0, 0.05) is 16.4 Å². The van der Waals surface area contributed by atoms with Gasteiger partial charge in [-0.2, -0.15) is 0 Å². The van der Waals surface area contributed by atoms with Crippen molar-refractivity contribution < 1.29 is 9.59 Å². The van der Waals surface area contributed by atoms with Crippen LogP contribution >= 0.6 is 11.6 Å². The predicted molar refractivity (Wildman–Crippen MR) is 116 cm³/mol. The van der Waals surface area contributed by atoms with Crippen molar-refractivity contribution in [3.63, 3.8) is 0 Å². The summed E-state index contributed by atoms with van der Waals surface area (Å²) in [5.74, 6) is -0.302. The second-order valence-electron chi connectivity index (χ2n) is 6.96. The lowest BCUT2D eigenvalue weighted by molar-refractivity contribution is -0.123. The molecule has 0 aliphatic rings. The first kappa shape index (κ1) is 21.9. The molecule has 0 aliphatic carbocycles. The second-order valence-corrected chi connectivity index (χ2v) is 7.39. The zero-order valence-corrected chi connectivity index (χ0v) is 17.6. The summed E-state index contributed by atoms with van der Waals surface area (Å²) in [6.07, 6.45) is 0.839. The van der Waals surface area contributed by atoms with Crippen molar-refractivity contribution in [1.29, 1.82) is 0 Å². The molecule has 0 radical (unpaired) electrons. The maximum absolute atomic E-state index is 12.8. The SMILES string of the molecule is CCCN(CC(=O)Nc1ccccc1C)C(C)C(=O)Nc1cc(Cl)ccc1C. The molecule has 2 aromatic rings. The topological polar surface area (TPSA) is 61.4 Å². The second kappa shape index (κ2) is 10.2. The zero-order chi connectivity index (χ0) is 20.7. The molecule has 6 heteroatoms. The maximum atomic E-state index is 12.8. The van der Waals surface area contributed by atoms with E-state index in [1.807, 2.05) is 62.9 Å². The van der Waals surface area contributed by atoms with Gasteiger partial charge in [0.15, 0.2) is 0 Å². The van der Waals surface area contributed by atoms with Gasteiger partial charge in [-0.1, -0.05) is 42.8 Å². The summed E-state index contributed by atoms with van der Waals surface area (Å²) in [7, 11) is 0. The molecule has 0 saturated carbocycles. The molecule has 2 amide bonds. The van der Waals surface area contributed by atoms with Crippen LogP contribution in [0.2, 0.25) is 5.02 Å². The van der Waals surface area contributed by atoms with E-state index in [9.17, 15) is 9.59 Å². The molecule has 2 N–H and O–H groups in total. The minimum Gasteiger partial charge on any atom is -0.325 e. The highest BCUT2D eigenvalue weighted by Gasteiger charge is 2.23. The number of carbonyl (C=O) groups is 2. The van der Waals surface area contributed by atoms with Crippen molar-refractivity contribution in [2.24, 2.45) is 0 Å². The molecule has 2 rings (SSSR count). The highest BCUT2D eigenvalue weighted by Crippen LogP contribution is 2.21. The van der Waals surface area contributed by atoms with Crippen molar-refractivity contribution in [2.75, 3.05) is 23.7 Å². The quantitative estimate of drug-likeness (QED) is 0.677. The van der Waals surface area contributed by atoms with Gasteiger partial charge in [-0.25, -0.2) is 0 Å². The Morgan fingerprint density at radius 1 is 1.04 bits per heavy atom. The molecule has 0 fully saturated rings. The van der Waals surface area contributed by atoms with Crippen LogP contribution in [0.1, 0.15) is 31.4 Å². The minimum atomic E-state index is -0.457. The highest BCUT2D eigenvalue weighted by molar-refractivity contribution is 6.31. The van der Waals surface area contributed by atoms with E-state index < -0.39 is 6.04 Å². The Hall–Kier alpha value is -2.37. The molecule has 0 aromatic heterocycles. The number of hydrogen-bond donors (Lipinski definition) is 2. The number of hydrogen-bond acceptors (Lipinski definition) is 3. The lowest BCUT2D eigenvalue weighted by Gasteiger charge is -2.27. The Bertz CT molecular complexity index is 838. The van der Waals surface area contributed by atoms with Gasteiger partial charge in [0.1, 0.15) is 0 Å². The molecule has 150 valence electrons. The van der Waals surface area contributed by atoms with Gasteiger partial charge in [0.05, 0.1) is 12.6 Å². The molecular formula is C22H28ClN3O2. The smallest absolute Gasteiger partial charge is 0.241 e. The zero-order valence-electron chi connectivity index (χ0n) is 16.9. The Kier molecular flexibility index (Phi) is 8.03. The Morgan fingerprint density at radius 2 is 1.71 bits per heavy atom. The fraction of sp³-hybridized carbons (Fsp3) is 0.364.